The van der Waals surface area contributed by atoms with Crippen molar-refractivity contribution in [2.45, 2.75) is 39.5 Å². The molecule has 1 rings (SSSR count). The first kappa shape index (κ1) is 11.8. The highest BCUT2D eigenvalue weighted by molar-refractivity contribution is 6.00. The zero-order chi connectivity index (χ0) is 11.6. The Morgan fingerprint density at radius 1 is 1.33 bits per heavy atom. The first-order valence-corrected chi connectivity index (χ1v) is 5.29. The van der Waals surface area contributed by atoms with E-state index < -0.39 is 0 Å². The monoisotopic (exact) mass is 205 g/mol. The van der Waals surface area contributed by atoms with E-state index in [2.05, 4.69) is 20.8 Å². The van der Waals surface area contributed by atoms with Crippen LogP contribution in [0.3, 0.4) is 0 Å². The van der Waals surface area contributed by atoms with Gasteiger partial charge in [-0.15, -0.1) is 0 Å². The van der Waals surface area contributed by atoms with Crippen LogP contribution >= 0.6 is 0 Å². The summed E-state index contributed by atoms with van der Waals surface area (Å²) in [5.41, 5.74) is 8.34. The molecule has 0 radical (unpaired) electrons. The number of rotatable bonds is 2. The van der Waals surface area contributed by atoms with Crippen LogP contribution in [0.4, 0.5) is 5.69 Å². The molecule has 0 bridgehead atoms. The van der Waals surface area contributed by atoms with Crippen molar-refractivity contribution in [3.8, 4) is 0 Å². The van der Waals surface area contributed by atoms with E-state index in [9.17, 15) is 4.79 Å². The normalized spacial score (nSPS) is 11.5. The summed E-state index contributed by atoms with van der Waals surface area (Å²) in [7, 11) is 0. The van der Waals surface area contributed by atoms with Crippen molar-refractivity contribution < 1.29 is 4.79 Å². The molecule has 0 aliphatic carbocycles. The number of carbonyl (C=O) groups excluding carboxylic acids is 1. The van der Waals surface area contributed by atoms with E-state index in [1.807, 2.05) is 25.1 Å². The standard InChI is InChI=1S/C13H19NO/c1-5-12(15)10-7-6-9(8-11(10)14)13(2,3)4/h6-8H,5,14H2,1-4H3. The summed E-state index contributed by atoms with van der Waals surface area (Å²) in [5, 5.41) is 0. The Morgan fingerprint density at radius 2 is 1.93 bits per heavy atom. The molecular formula is C13H19NO. The molecule has 0 aromatic heterocycles. The van der Waals surface area contributed by atoms with Gasteiger partial charge in [0.25, 0.3) is 0 Å². The van der Waals surface area contributed by atoms with Gasteiger partial charge in [-0.05, 0) is 23.1 Å². The highest BCUT2D eigenvalue weighted by Crippen LogP contribution is 2.26. The predicted molar refractivity (Wildman–Crippen MR) is 64.2 cm³/mol. The highest BCUT2D eigenvalue weighted by Gasteiger charge is 2.16. The van der Waals surface area contributed by atoms with E-state index in [-0.39, 0.29) is 11.2 Å². The summed E-state index contributed by atoms with van der Waals surface area (Å²) in [6.07, 6.45) is 0.499. The lowest BCUT2D eigenvalue weighted by Gasteiger charge is -2.20. The number of anilines is 1. The second-order valence-corrected chi connectivity index (χ2v) is 4.83. The lowest BCUT2D eigenvalue weighted by molar-refractivity contribution is 0.0989. The molecule has 0 heterocycles. The topological polar surface area (TPSA) is 43.1 Å². The summed E-state index contributed by atoms with van der Waals surface area (Å²) in [4.78, 5) is 11.5. The zero-order valence-corrected chi connectivity index (χ0v) is 9.92. The van der Waals surface area contributed by atoms with Gasteiger partial charge in [-0.25, -0.2) is 0 Å². The predicted octanol–water partition coefficient (Wildman–Crippen LogP) is 3.16. The van der Waals surface area contributed by atoms with Crippen molar-refractivity contribution in [3.05, 3.63) is 29.3 Å². The van der Waals surface area contributed by atoms with Gasteiger partial charge in [-0.2, -0.15) is 0 Å². The van der Waals surface area contributed by atoms with E-state index in [4.69, 9.17) is 5.73 Å². The molecular weight excluding hydrogens is 186 g/mol. The number of ketones is 1. The average Bonchev–Trinajstić information content (AvgIpc) is 2.15. The molecule has 0 amide bonds. The van der Waals surface area contributed by atoms with E-state index in [1.54, 1.807) is 0 Å². The summed E-state index contributed by atoms with van der Waals surface area (Å²) in [6, 6.07) is 5.73. The lowest BCUT2D eigenvalue weighted by Crippen LogP contribution is -2.13. The fourth-order valence-electron chi connectivity index (χ4n) is 1.47. The molecule has 1 aromatic carbocycles. The SMILES string of the molecule is CCC(=O)c1ccc(C(C)(C)C)cc1N. The van der Waals surface area contributed by atoms with Gasteiger partial charge in [-0.1, -0.05) is 33.8 Å². The molecule has 0 atom stereocenters. The minimum absolute atomic E-state index is 0.0713. The van der Waals surface area contributed by atoms with Crippen LogP contribution in [0.1, 0.15) is 50.0 Å². The lowest BCUT2D eigenvalue weighted by atomic mass is 9.86. The quantitative estimate of drug-likeness (QED) is 0.595. The number of hydrogen-bond acceptors (Lipinski definition) is 2. The van der Waals surface area contributed by atoms with Crippen LogP contribution in [-0.2, 0) is 5.41 Å². The zero-order valence-electron chi connectivity index (χ0n) is 9.92. The van der Waals surface area contributed by atoms with Crippen LogP contribution < -0.4 is 5.73 Å². The molecule has 0 aliphatic heterocycles. The highest BCUT2D eigenvalue weighted by atomic mass is 16.1. The summed E-state index contributed by atoms with van der Waals surface area (Å²) in [5.74, 6) is 0.105. The minimum Gasteiger partial charge on any atom is -0.398 e. The summed E-state index contributed by atoms with van der Waals surface area (Å²) >= 11 is 0. The third-order valence-electron chi connectivity index (χ3n) is 2.54. The molecule has 0 unspecified atom stereocenters. The molecule has 2 N–H and O–H groups in total. The molecule has 2 nitrogen and oxygen atoms in total. The molecule has 15 heavy (non-hydrogen) atoms. The van der Waals surface area contributed by atoms with Crippen molar-refractivity contribution in [2.75, 3.05) is 5.73 Å². The summed E-state index contributed by atoms with van der Waals surface area (Å²) in [6.45, 7) is 8.23. The number of hydrogen-bond donors (Lipinski definition) is 1. The molecule has 0 aliphatic rings. The van der Waals surface area contributed by atoms with Gasteiger partial charge in [0.15, 0.2) is 5.78 Å². The Hall–Kier alpha value is -1.31. The van der Waals surface area contributed by atoms with Gasteiger partial charge in [0.2, 0.25) is 0 Å². The molecule has 0 spiro atoms. The van der Waals surface area contributed by atoms with Crippen molar-refractivity contribution in [1.82, 2.24) is 0 Å². The van der Waals surface area contributed by atoms with Crippen LogP contribution in [0.5, 0.6) is 0 Å². The van der Waals surface area contributed by atoms with Crippen LogP contribution in [0.2, 0.25) is 0 Å². The second-order valence-electron chi connectivity index (χ2n) is 4.83. The van der Waals surface area contributed by atoms with E-state index in [0.29, 0.717) is 17.7 Å². The molecule has 2 heteroatoms. The van der Waals surface area contributed by atoms with E-state index in [1.165, 1.54) is 0 Å². The maximum atomic E-state index is 11.5. The third-order valence-corrected chi connectivity index (χ3v) is 2.54. The van der Waals surface area contributed by atoms with Gasteiger partial charge < -0.3 is 5.73 Å². The van der Waals surface area contributed by atoms with Gasteiger partial charge in [0.05, 0.1) is 0 Å². The number of carbonyl (C=O) groups is 1. The largest absolute Gasteiger partial charge is 0.398 e. The van der Waals surface area contributed by atoms with Crippen LogP contribution in [0, 0.1) is 0 Å². The van der Waals surface area contributed by atoms with Crippen molar-refractivity contribution in [3.63, 3.8) is 0 Å². The van der Waals surface area contributed by atoms with Crippen LogP contribution in [-0.4, -0.2) is 5.78 Å². The molecule has 82 valence electrons. The van der Waals surface area contributed by atoms with E-state index >= 15 is 0 Å². The van der Waals surface area contributed by atoms with E-state index in [0.717, 1.165) is 5.56 Å². The first-order valence-electron chi connectivity index (χ1n) is 5.29. The van der Waals surface area contributed by atoms with Gasteiger partial charge >= 0.3 is 0 Å². The fraction of sp³-hybridized carbons (Fsp3) is 0.462. The Bertz CT molecular complexity index is 375. The third kappa shape index (κ3) is 2.58. The molecule has 0 saturated carbocycles. The van der Waals surface area contributed by atoms with Crippen LogP contribution in [0.25, 0.3) is 0 Å². The Labute approximate surface area is 91.5 Å². The van der Waals surface area contributed by atoms with Gasteiger partial charge in [-0.3, -0.25) is 4.79 Å². The number of nitrogens with two attached hydrogens (primary N) is 1. The maximum absolute atomic E-state index is 11.5. The Morgan fingerprint density at radius 3 is 2.33 bits per heavy atom. The van der Waals surface area contributed by atoms with Gasteiger partial charge in [0.1, 0.15) is 0 Å². The number of nitrogen functional groups attached to an aromatic ring is 1. The van der Waals surface area contributed by atoms with Gasteiger partial charge in [0, 0.05) is 17.7 Å². The number of Topliss-reactive ketones (excluding diaryl/α,β-unsaturated/α-hetero) is 1. The minimum atomic E-state index is 0.0713. The molecule has 0 saturated heterocycles. The molecule has 1 aromatic rings. The molecule has 0 fully saturated rings. The van der Waals surface area contributed by atoms with Crippen molar-refractivity contribution in [1.29, 1.82) is 0 Å². The number of benzene rings is 1. The van der Waals surface area contributed by atoms with Crippen molar-refractivity contribution in [2.24, 2.45) is 0 Å². The van der Waals surface area contributed by atoms with Crippen molar-refractivity contribution >= 4 is 11.5 Å². The average molecular weight is 205 g/mol. The summed E-state index contributed by atoms with van der Waals surface area (Å²) < 4.78 is 0. The van der Waals surface area contributed by atoms with Crippen LogP contribution in [0.15, 0.2) is 18.2 Å². The Kier molecular flexibility index (Phi) is 3.18. The smallest absolute Gasteiger partial charge is 0.164 e. The first-order chi connectivity index (χ1) is 6.86. The second kappa shape index (κ2) is 4.05. The fourth-order valence-corrected chi connectivity index (χ4v) is 1.47. The Balaban J connectivity index is 3.15. The maximum Gasteiger partial charge on any atom is 0.164 e.